The van der Waals surface area contributed by atoms with Crippen LogP contribution in [0.25, 0.3) is 86.7 Å². The minimum atomic E-state index is -0.0833. The number of unbranched alkanes of at least 4 members (excludes halogenated alkanes) is 30. The average Bonchev–Trinajstić information content (AvgIpc) is 1.53. The second-order valence-electron chi connectivity index (χ2n) is 30.0. The van der Waals surface area contributed by atoms with Crippen LogP contribution in [0, 0.1) is 0 Å². The molecule has 5 heteroatoms. The van der Waals surface area contributed by atoms with Crippen molar-refractivity contribution >= 4 is 55.5 Å². The summed E-state index contributed by atoms with van der Waals surface area (Å²) in [7, 11) is 0. The largest absolute Gasteiger partial charge is 0.337 e. The maximum Gasteiger partial charge on any atom is 0.0981 e. The predicted molar refractivity (Wildman–Crippen MR) is 424 cm³/mol. The second kappa shape index (κ2) is 36.6. The van der Waals surface area contributed by atoms with Crippen LogP contribution in [0.4, 0.5) is 0 Å². The van der Waals surface area contributed by atoms with E-state index in [-0.39, 0.29) is 10.8 Å². The summed E-state index contributed by atoms with van der Waals surface area (Å²) in [5.41, 5.74) is 20.0. The number of fused-ring (bicyclic) bond motifs is 10. The minimum absolute atomic E-state index is 0.0622. The zero-order chi connectivity index (χ0) is 66.4. The van der Waals surface area contributed by atoms with E-state index in [2.05, 4.69) is 189 Å². The Hall–Kier alpha value is -5.36. The SMILES string of the molecule is CCCCCCCCC(CCCCCCCC)n1c2cc3c(cc2c2cc4c(cc21)-c1sc(-c2cccc5nc(-c6ccccc6)c(-c6ccccc6)nc25)cc1C4(CCCCCCCC)CCCCCCCC)C(CCCCCCCC)(CCCCCCCC)c1ccsc1-3. The maximum absolute atomic E-state index is 5.77. The van der Waals surface area contributed by atoms with Crippen molar-refractivity contribution in [2.45, 2.75) is 328 Å². The van der Waals surface area contributed by atoms with Crippen molar-refractivity contribution in [1.29, 1.82) is 0 Å². The van der Waals surface area contributed by atoms with Crippen LogP contribution in [0.15, 0.2) is 121 Å². The van der Waals surface area contributed by atoms with Crippen LogP contribution in [-0.2, 0) is 10.8 Å². The Balaban J connectivity index is 1.14. The van der Waals surface area contributed by atoms with E-state index in [1.54, 1.807) is 43.5 Å². The van der Waals surface area contributed by atoms with Gasteiger partial charge in [0.05, 0.1) is 33.5 Å². The van der Waals surface area contributed by atoms with E-state index in [0.717, 1.165) is 33.5 Å². The first-order chi connectivity index (χ1) is 47.4. The zero-order valence-corrected chi connectivity index (χ0v) is 62.6. The molecule has 0 N–H and O–H groups in total. The third kappa shape index (κ3) is 16.6. The smallest absolute Gasteiger partial charge is 0.0981 e. The molecule has 0 amide bonds. The van der Waals surface area contributed by atoms with Gasteiger partial charge in [0.1, 0.15) is 0 Å². The fraction of sp³-hybridized carbons (Fsp3) is 0.560. The standard InChI is InChI=1S/C91H123N3S2/c1-7-13-19-25-31-43-54-71(55-44-32-26-20-14-8-2)94-82-66-75-78(90(77-58-63-95-88(75)77,59-45-33-27-21-15-9-3)60-46-34-28-22-16-10-4)64-73(82)74-65-79-76(67-83(74)94)89-80(91(79,61-47-35-29-23-17-11-5)62-48-36-30-24-18-12-6)68-84(96-89)72-56-49-57-81-87(72)93-86(70-52-41-38-42-53-70)85(92-81)69-50-39-37-40-51-69/h37-42,49-53,56-58,63-68,71H,7-36,43-48,54-55,59-62H2,1-6H3. The number of nitrogens with zero attached hydrogens (tertiary/aromatic N) is 3. The van der Waals surface area contributed by atoms with Crippen LogP contribution < -0.4 is 0 Å². The van der Waals surface area contributed by atoms with Crippen molar-refractivity contribution in [2.24, 2.45) is 0 Å². The van der Waals surface area contributed by atoms with Crippen LogP contribution >= 0.6 is 22.7 Å². The molecule has 11 rings (SSSR count). The quantitative estimate of drug-likeness (QED) is 0.0356. The van der Waals surface area contributed by atoms with Gasteiger partial charge in [-0.1, -0.05) is 345 Å². The Morgan fingerprint density at radius 3 is 1.22 bits per heavy atom. The lowest BCUT2D eigenvalue weighted by Gasteiger charge is -2.33. The van der Waals surface area contributed by atoms with Crippen LogP contribution in [0.5, 0.6) is 0 Å². The number of hydrogen-bond acceptors (Lipinski definition) is 4. The average molecular weight is 1320 g/mol. The van der Waals surface area contributed by atoms with Crippen molar-refractivity contribution < 1.29 is 0 Å². The molecule has 5 aromatic carbocycles. The number of benzene rings is 5. The Labute approximate surface area is 591 Å². The van der Waals surface area contributed by atoms with E-state index < -0.39 is 0 Å². The summed E-state index contributed by atoms with van der Waals surface area (Å²) in [6.07, 6.45) is 55.5. The van der Waals surface area contributed by atoms with Gasteiger partial charge in [-0.15, -0.1) is 22.7 Å². The molecule has 0 bridgehead atoms. The van der Waals surface area contributed by atoms with Gasteiger partial charge in [-0.25, -0.2) is 9.97 Å². The number of aromatic nitrogens is 3. The lowest BCUT2D eigenvalue weighted by molar-refractivity contribution is 0.398. The molecule has 0 aliphatic heterocycles. The molecule has 0 radical (unpaired) electrons. The Kier molecular flexibility index (Phi) is 27.4. The molecule has 4 aromatic heterocycles. The molecule has 3 nitrogen and oxygen atoms in total. The van der Waals surface area contributed by atoms with Gasteiger partial charge < -0.3 is 4.57 Å². The van der Waals surface area contributed by atoms with Crippen molar-refractivity contribution in [2.75, 3.05) is 0 Å². The van der Waals surface area contributed by atoms with Gasteiger partial charge in [-0.2, -0.15) is 0 Å². The Morgan fingerprint density at radius 2 is 0.760 bits per heavy atom. The molecule has 0 unspecified atom stereocenters. The lowest BCUT2D eigenvalue weighted by Crippen LogP contribution is -2.25. The van der Waals surface area contributed by atoms with Gasteiger partial charge in [-0.3, -0.25) is 0 Å². The summed E-state index contributed by atoms with van der Waals surface area (Å²) in [6, 6.07) is 45.6. The molecule has 0 spiro atoms. The van der Waals surface area contributed by atoms with Crippen LogP contribution in [0.3, 0.4) is 0 Å². The highest BCUT2D eigenvalue weighted by Crippen LogP contribution is 2.62. The van der Waals surface area contributed by atoms with Crippen LogP contribution in [0.2, 0.25) is 0 Å². The van der Waals surface area contributed by atoms with Gasteiger partial charge >= 0.3 is 0 Å². The topological polar surface area (TPSA) is 30.7 Å². The zero-order valence-electron chi connectivity index (χ0n) is 61.0. The number of rotatable bonds is 46. The highest BCUT2D eigenvalue weighted by Gasteiger charge is 2.47. The molecule has 0 saturated carbocycles. The normalized spacial score (nSPS) is 13.7. The van der Waals surface area contributed by atoms with Crippen molar-refractivity contribution in [3.05, 3.63) is 143 Å². The van der Waals surface area contributed by atoms with Gasteiger partial charge in [-0.05, 0) is 120 Å². The fourth-order valence-corrected chi connectivity index (χ4v) is 20.1. The van der Waals surface area contributed by atoms with Crippen molar-refractivity contribution in [3.63, 3.8) is 0 Å². The fourth-order valence-electron chi connectivity index (χ4n) is 17.7. The summed E-state index contributed by atoms with van der Waals surface area (Å²) in [4.78, 5) is 15.8. The highest BCUT2D eigenvalue weighted by molar-refractivity contribution is 7.19. The van der Waals surface area contributed by atoms with Gasteiger partial charge in [0.2, 0.25) is 0 Å². The highest BCUT2D eigenvalue weighted by atomic mass is 32.1. The molecule has 9 aromatic rings. The summed E-state index contributed by atoms with van der Waals surface area (Å²) < 4.78 is 3.03. The van der Waals surface area contributed by atoms with Crippen LogP contribution in [0.1, 0.15) is 340 Å². The first-order valence-electron chi connectivity index (χ1n) is 40.2. The molecule has 514 valence electrons. The molecule has 4 heterocycles. The Morgan fingerprint density at radius 1 is 0.354 bits per heavy atom. The summed E-state index contributed by atoms with van der Waals surface area (Å²) in [5, 5.41) is 5.57. The molecule has 2 aliphatic carbocycles. The minimum Gasteiger partial charge on any atom is -0.337 e. The number of hydrogen-bond donors (Lipinski definition) is 0. The third-order valence-corrected chi connectivity index (χ3v) is 25.2. The molecule has 96 heavy (non-hydrogen) atoms. The maximum atomic E-state index is 5.77. The van der Waals surface area contributed by atoms with E-state index in [9.17, 15) is 0 Å². The number of thiophene rings is 2. The van der Waals surface area contributed by atoms with E-state index in [4.69, 9.17) is 9.97 Å². The molecule has 0 saturated heterocycles. The van der Waals surface area contributed by atoms with Gasteiger partial charge in [0.15, 0.2) is 0 Å². The Bertz CT molecular complexity index is 3750. The molecular formula is C91H123N3S2. The lowest BCUT2D eigenvalue weighted by atomic mass is 9.70. The van der Waals surface area contributed by atoms with Gasteiger partial charge in [0, 0.05) is 59.0 Å². The summed E-state index contributed by atoms with van der Waals surface area (Å²) in [6.45, 7) is 14.2. The first-order valence-corrected chi connectivity index (χ1v) is 41.9. The predicted octanol–water partition coefficient (Wildman–Crippen LogP) is 30.4. The van der Waals surface area contributed by atoms with E-state index in [0.29, 0.717) is 6.04 Å². The summed E-state index contributed by atoms with van der Waals surface area (Å²) in [5.74, 6) is 0. The second-order valence-corrected chi connectivity index (χ2v) is 32.0. The van der Waals surface area contributed by atoms with Crippen molar-refractivity contribution in [1.82, 2.24) is 14.5 Å². The molecule has 2 aliphatic rings. The van der Waals surface area contributed by atoms with Gasteiger partial charge in [0.25, 0.3) is 0 Å². The number of para-hydroxylation sites is 1. The monoisotopic (exact) mass is 1320 g/mol. The van der Waals surface area contributed by atoms with E-state index >= 15 is 0 Å². The molecule has 0 fully saturated rings. The summed E-state index contributed by atoms with van der Waals surface area (Å²) >= 11 is 4.13. The first kappa shape index (κ1) is 71.9. The van der Waals surface area contributed by atoms with E-state index in [1.165, 1.54) is 302 Å². The third-order valence-electron chi connectivity index (χ3n) is 23.1. The molecule has 0 atom stereocenters. The van der Waals surface area contributed by atoms with E-state index in [1.807, 2.05) is 0 Å². The van der Waals surface area contributed by atoms with Crippen LogP contribution in [-0.4, -0.2) is 14.5 Å². The molecular weight excluding hydrogens is 1200 g/mol. The van der Waals surface area contributed by atoms with Crippen molar-refractivity contribution in [3.8, 4) is 53.8 Å².